The number of likely N-dealkylation sites (tertiary alicyclic amines) is 1. The Hall–Kier alpha value is -3.14. The van der Waals surface area contributed by atoms with E-state index in [0.29, 0.717) is 6.54 Å². The van der Waals surface area contributed by atoms with Crippen molar-refractivity contribution < 1.29 is 13.9 Å². The molecule has 0 aromatic heterocycles. The van der Waals surface area contributed by atoms with E-state index < -0.39 is 0 Å². The van der Waals surface area contributed by atoms with E-state index in [1.54, 1.807) is 19.2 Å². The summed E-state index contributed by atoms with van der Waals surface area (Å²) in [5, 5.41) is 0. The predicted octanol–water partition coefficient (Wildman–Crippen LogP) is 5.13. The largest absolute Gasteiger partial charge is 0.497 e. The lowest BCUT2D eigenvalue weighted by Gasteiger charge is -2.48. The number of carbonyl (C=O) groups excluding carboxylic acids is 1. The molecule has 3 nitrogen and oxygen atoms in total. The fourth-order valence-electron chi connectivity index (χ4n) is 4.06. The quantitative estimate of drug-likeness (QED) is 0.524. The van der Waals surface area contributed by atoms with Crippen molar-refractivity contribution >= 4 is 5.91 Å². The van der Waals surface area contributed by atoms with E-state index in [1.807, 2.05) is 47.4 Å². The second-order valence-electron chi connectivity index (χ2n) is 7.37. The van der Waals surface area contributed by atoms with Gasteiger partial charge in [-0.15, -0.1) is 0 Å². The Balaban J connectivity index is 1.53. The average Bonchev–Trinajstić information content (AvgIpc) is 2.77. The van der Waals surface area contributed by atoms with Gasteiger partial charge in [-0.1, -0.05) is 54.6 Å². The number of hydrogen-bond acceptors (Lipinski definition) is 2. The molecule has 1 fully saturated rings. The van der Waals surface area contributed by atoms with Crippen molar-refractivity contribution in [2.75, 3.05) is 13.7 Å². The third kappa shape index (κ3) is 4.02. The Morgan fingerprint density at radius 2 is 1.55 bits per heavy atom. The first kappa shape index (κ1) is 19.2. The van der Waals surface area contributed by atoms with Crippen molar-refractivity contribution in [2.24, 2.45) is 0 Å². The first-order valence-electron chi connectivity index (χ1n) is 9.91. The standard InChI is InChI=1S/C25H24FNO2/c1-29-22-15-11-19(12-16-22)23-24(20-9-13-21(26)14-10-20)27(25(23)28)17-5-8-18-6-3-2-4-7-18/h2-4,6-7,9-16,23-24H,5,8,17H2,1H3/t23-,24+/m1/s1. The van der Waals surface area contributed by atoms with Crippen LogP contribution in [-0.2, 0) is 11.2 Å². The summed E-state index contributed by atoms with van der Waals surface area (Å²) >= 11 is 0. The highest BCUT2D eigenvalue weighted by Gasteiger charge is 2.48. The van der Waals surface area contributed by atoms with Gasteiger partial charge in [0.2, 0.25) is 5.91 Å². The smallest absolute Gasteiger partial charge is 0.233 e. The van der Waals surface area contributed by atoms with Crippen LogP contribution in [0.4, 0.5) is 4.39 Å². The minimum Gasteiger partial charge on any atom is -0.497 e. The number of amides is 1. The summed E-state index contributed by atoms with van der Waals surface area (Å²) in [6.07, 6.45) is 1.82. The number of nitrogens with zero attached hydrogens (tertiary/aromatic N) is 1. The van der Waals surface area contributed by atoms with Crippen molar-refractivity contribution in [3.05, 3.63) is 101 Å². The first-order valence-corrected chi connectivity index (χ1v) is 9.91. The maximum atomic E-state index is 13.4. The van der Waals surface area contributed by atoms with Crippen LogP contribution in [0.1, 0.15) is 35.1 Å². The third-order valence-corrected chi connectivity index (χ3v) is 5.59. The van der Waals surface area contributed by atoms with Gasteiger partial charge in [-0.05, 0) is 53.8 Å². The molecule has 1 heterocycles. The van der Waals surface area contributed by atoms with Crippen LogP contribution < -0.4 is 4.74 Å². The average molecular weight is 389 g/mol. The summed E-state index contributed by atoms with van der Waals surface area (Å²) < 4.78 is 18.7. The van der Waals surface area contributed by atoms with E-state index in [2.05, 4.69) is 12.1 Å². The van der Waals surface area contributed by atoms with Crippen molar-refractivity contribution in [2.45, 2.75) is 24.8 Å². The van der Waals surface area contributed by atoms with Gasteiger partial charge in [0.15, 0.2) is 0 Å². The molecular weight excluding hydrogens is 365 g/mol. The molecule has 0 radical (unpaired) electrons. The van der Waals surface area contributed by atoms with Gasteiger partial charge in [0.25, 0.3) is 0 Å². The second-order valence-corrected chi connectivity index (χ2v) is 7.37. The molecule has 1 aliphatic heterocycles. The van der Waals surface area contributed by atoms with Crippen molar-refractivity contribution in [1.82, 2.24) is 4.90 Å². The first-order chi connectivity index (χ1) is 14.2. The van der Waals surface area contributed by atoms with E-state index in [4.69, 9.17) is 4.74 Å². The predicted molar refractivity (Wildman–Crippen MR) is 111 cm³/mol. The number of ether oxygens (including phenoxy) is 1. The number of carbonyl (C=O) groups is 1. The summed E-state index contributed by atoms with van der Waals surface area (Å²) in [6.45, 7) is 0.683. The summed E-state index contributed by atoms with van der Waals surface area (Å²) in [5.41, 5.74) is 3.20. The second kappa shape index (κ2) is 8.48. The van der Waals surface area contributed by atoms with Crippen LogP contribution in [0.2, 0.25) is 0 Å². The normalized spacial score (nSPS) is 18.4. The molecule has 0 aliphatic carbocycles. The third-order valence-electron chi connectivity index (χ3n) is 5.59. The molecule has 3 aromatic rings. The van der Waals surface area contributed by atoms with Crippen LogP contribution in [0.15, 0.2) is 78.9 Å². The van der Waals surface area contributed by atoms with E-state index in [9.17, 15) is 9.18 Å². The zero-order valence-electron chi connectivity index (χ0n) is 16.4. The zero-order valence-corrected chi connectivity index (χ0v) is 16.4. The van der Waals surface area contributed by atoms with E-state index in [0.717, 1.165) is 29.7 Å². The molecule has 4 rings (SSSR count). The molecule has 1 aliphatic rings. The van der Waals surface area contributed by atoms with Crippen molar-refractivity contribution in [3.8, 4) is 5.75 Å². The fourth-order valence-corrected chi connectivity index (χ4v) is 4.06. The zero-order chi connectivity index (χ0) is 20.2. The number of methoxy groups -OCH3 is 1. The number of β-lactam (4-membered cyclic amide) rings is 1. The Kier molecular flexibility index (Phi) is 5.61. The van der Waals surface area contributed by atoms with E-state index >= 15 is 0 Å². The molecule has 0 N–H and O–H groups in total. The fraction of sp³-hybridized carbons (Fsp3) is 0.240. The van der Waals surface area contributed by atoms with Crippen molar-refractivity contribution in [1.29, 1.82) is 0 Å². The molecule has 148 valence electrons. The molecule has 0 bridgehead atoms. The highest BCUT2D eigenvalue weighted by molar-refractivity contribution is 5.91. The maximum absolute atomic E-state index is 13.4. The van der Waals surface area contributed by atoms with Gasteiger partial charge < -0.3 is 9.64 Å². The Morgan fingerprint density at radius 3 is 2.21 bits per heavy atom. The number of hydrogen-bond donors (Lipinski definition) is 0. The van der Waals surface area contributed by atoms with Gasteiger partial charge in [0, 0.05) is 6.54 Å². The monoisotopic (exact) mass is 389 g/mol. The van der Waals surface area contributed by atoms with Crippen LogP contribution in [0.3, 0.4) is 0 Å². The number of halogens is 1. The lowest BCUT2D eigenvalue weighted by Crippen LogP contribution is -2.53. The number of rotatable bonds is 7. The summed E-state index contributed by atoms with van der Waals surface area (Å²) in [5.74, 6) is 0.371. The van der Waals surface area contributed by atoms with Gasteiger partial charge in [0.05, 0.1) is 19.1 Å². The molecule has 3 aromatic carbocycles. The molecule has 1 saturated heterocycles. The SMILES string of the molecule is COc1ccc([C@H]2C(=O)N(CCCc3ccccc3)[C@H]2c2ccc(F)cc2)cc1. The molecule has 0 saturated carbocycles. The van der Waals surface area contributed by atoms with Gasteiger partial charge in [-0.2, -0.15) is 0 Å². The summed E-state index contributed by atoms with van der Waals surface area (Å²) in [4.78, 5) is 15.0. The number of aryl methyl sites for hydroxylation is 1. The lowest BCUT2D eigenvalue weighted by molar-refractivity contribution is -0.150. The summed E-state index contributed by atoms with van der Waals surface area (Å²) in [6, 6.07) is 24.3. The van der Waals surface area contributed by atoms with E-state index in [-0.39, 0.29) is 23.7 Å². The van der Waals surface area contributed by atoms with Gasteiger partial charge in [-0.25, -0.2) is 4.39 Å². The van der Waals surface area contributed by atoms with Crippen molar-refractivity contribution in [3.63, 3.8) is 0 Å². The van der Waals surface area contributed by atoms with Crippen LogP contribution in [-0.4, -0.2) is 24.5 Å². The van der Waals surface area contributed by atoms with Crippen LogP contribution >= 0.6 is 0 Å². The van der Waals surface area contributed by atoms with Crippen LogP contribution in [0, 0.1) is 5.82 Å². The van der Waals surface area contributed by atoms with Gasteiger partial charge >= 0.3 is 0 Å². The topological polar surface area (TPSA) is 29.5 Å². The molecule has 1 amide bonds. The minimum absolute atomic E-state index is 0.0766. The van der Waals surface area contributed by atoms with E-state index in [1.165, 1.54) is 17.7 Å². The molecule has 0 unspecified atom stereocenters. The summed E-state index contributed by atoms with van der Waals surface area (Å²) in [7, 11) is 1.62. The maximum Gasteiger partial charge on any atom is 0.233 e. The minimum atomic E-state index is -0.268. The van der Waals surface area contributed by atoms with Crippen LogP contribution in [0.25, 0.3) is 0 Å². The Bertz CT molecular complexity index is 954. The molecule has 4 heteroatoms. The van der Waals surface area contributed by atoms with Gasteiger partial charge in [0.1, 0.15) is 11.6 Å². The molecular formula is C25H24FNO2. The Morgan fingerprint density at radius 1 is 0.897 bits per heavy atom. The van der Waals surface area contributed by atoms with Crippen LogP contribution in [0.5, 0.6) is 5.75 Å². The molecule has 29 heavy (non-hydrogen) atoms. The molecule has 0 spiro atoms. The Labute approximate surface area is 170 Å². The number of benzene rings is 3. The highest BCUT2D eigenvalue weighted by atomic mass is 19.1. The lowest BCUT2D eigenvalue weighted by atomic mass is 9.77. The molecule has 2 atom stereocenters. The highest BCUT2D eigenvalue weighted by Crippen LogP contribution is 2.46. The van der Waals surface area contributed by atoms with Gasteiger partial charge in [-0.3, -0.25) is 4.79 Å².